The third-order valence-corrected chi connectivity index (χ3v) is 9.89. The molecular weight excluding hydrogens is 606 g/mol. The van der Waals surface area contributed by atoms with Gasteiger partial charge in [-0.1, -0.05) is 41.9 Å². The van der Waals surface area contributed by atoms with E-state index in [-0.39, 0.29) is 58.9 Å². The molecule has 7 rings (SSSR count). The molecule has 1 aliphatic carbocycles. The smallest absolute Gasteiger partial charge is 0.252 e. The van der Waals surface area contributed by atoms with Crippen LogP contribution in [0.3, 0.4) is 0 Å². The van der Waals surface area contributed by atoms with E-state index in [0.29, 0.717) is 24.8 Å². The monoisotopic (exact) mass is 640 g/mol. The van der Waals surface area contributed by atoms with E-state index in [2.05, 4.69) is 10.6 Å². The highest BCUT2D eigenvalue weighted by atomic mass is 35.5. The Morgan fingerprint density at radius 1 is 1.07 bits per heavy atom. The van der Waals surface area contributed by atoms with Crippen molar-refractivity contribution in [3.8, 4) is 22.6 Å². The van der Waals surface area contributed by atoms with Crippen molar-refractivity contribution in [2.75, 3.05) is 19.8 Å². The average Bonchev–Trinajstić information content (AvgIpc) is 3.85. The minimum atomic E-state index is -0.931. The molecule has 1 amide bonds. The van der Waals surface area contributed by atoms with E-state index in [1.54, 1.807) is 0 Å². The number of carbonyl (C=O) groups excluding carboxylic acids is 1. The highest BCUT2D eigenvalue weighted by Gasteiger charge is 2.50. The van der Waals surface area contributed by atoms with E-state index in [1.807, 2.05) is 30.3 Å². The number of hydrogen-bond donors (Lipinski definition) is 4. The number of amides is 1. The highest BCUT2D eigenvalue weighted by molar-refractivity contribution is 6.34. The SMILES string of the molecule is O=C(N[C@H]1COC[C@@H]1O)c1ccc(O[C@H]2CC[C@@H](O)C2)c(F)c1-c1c(Cl)c(F)cc2c1C[C@](c1ccccc1)([C@@H]1CCCN1)O2. The van der Waals surface area contributed by atoms with Crippen LogP contribution in [0.2, 0.25) is 5.02 Å². The summed E-state index contributed by atoms with van der Waals surface area (Å²) in [5, 5.41) is 26.2. The van der Waals surface area contributed by atoms with Gasteiger partial charge in [0, 0.05) is 35.6 Å². The molecule has 3 fully saturated rings. The number of halogens is 3. The number of benzene rings is 3. The Balaban J connectivity index is 1.38. The zero-order valence-corrected chi connectivity index (χ0v) is 25.3. The molecule has 0 aromatic heterocycles. The second kappa shape index (κ2) is 12.1. The Morgan fingerprint density at radius 2 is 1.89 bits per heavy atom. The predicted octanol–water partition coefficient (Wildman–Crippen LogP) is 4.65. The van der Waals surface area contributed by atoms with Crippen molar-refractivity contribution in [1.29, 1.82) is 0 Å². The number of aliphatic hydroxyl groups excluding tert-OH is 2. The van der Waals surface area contributed by atoms with Gasteiger partial charge in [-0.05, 0) is 49.9 Å². The minimum Gasteiger partial charge on any atom is -0.487 e. The van der Waals surface area contributed by atoms with Crippen molar-refractivity contribution in [3.05, 3.63) is 81.9 Å². The van der Waals surface area contributed by atoms with Gasteiger partial charge in [0.1, 0.15) is 17.7 Å². The molecule has 0 radical (unpaired) electrons. The van der Waals surface area contributed by atoms with Crippen LogP contribution in [0, 0.1) is 11.6 Å². The summed E-state index contributed by atoms with van der Waals surface area (Å²) in [5.74, 6) is -2.28. The number of rotatable bonds is 7. The summed E-state index contributed by atoms with van der Waals surface area (Å²) in [6.07, 6.45) is 1.51. The van der Waals surface area contributed by atoms with Crippen LogP contribution in [0.1, 0.15) is 53.6 Å². The van der Waals surface area contributed by atoms with E-state index in [1.165, 1.54) is 18.2 Å². The van der Waals surface area contributed by atoms with Crippen LogP contribution in [0.25, 0.3) is 11.1 Å². The van der Waals surface area contributed by atoms with Gasteiger partial charge in [-0.2, -0.15) is 0 Å². The lowest BCUT2D eigenvalue weighted by Crippen LogP contribution is -2.48. The van der Waals surface area contributed by atoms with Crippen molar-refractivity contribution < 1.29 is 38.0 Å². The van der Waals surface area contributed by atoms with E-state index < -0.39 is 47.5 Å². The molecule has 8 nitrogen and oxygen atoms in total. The van der Waals surface area contributed by atoms with E-state index in [4.69, 9.17) is 25.8 Å². The highest BCUT2D eigenvalue weighted by Crippen LogP contribution is 2.52. The van der Waals surface area contributed by atoms with Crippen LogP contribution in [-0.2, 0) is 16.8 Å². The number of fused-ring (bicyclic) bond motifs is 1. The lowest BCUT2D eigenvalue weighted by Gasteiger charge is -2.35. The summed E-state index contributed by atoms with van der Waals surface area (Å²) < 4.78 is 50.5. The maximum atomic E-state index is 16.8. The summed E-state index contributed by atoms with van der Waals surface area (Å²) in [4.78, 5) is 13.7. The van der Waals surface area contributed by atoms with Crippen molar-refractivity contribution in [2.45, 2.75) is 74.5 Å². The van der Waals surface area contributed by atoms with Gasteiger partial charge in [-0.15, -0.1) is 0 Å². The van der Waals surface area contributed by atoms with Crippen LogP contribution in [0.5, 0.6) is 11.5 Å². The van der Waals surface area contributed by atoms with Gasteiger partial charge in [0.25, 0.3) is 5.91 Å². The maximum absolute atomic E-state index is 16.8. The quantitative estimate of drug-likeness (QED) is 0.298. The third kappa shape index (κ3) is 5.46. The molecule has 45 heavy (non-hydrogen) atoms. The fourth-order valence-electron chi connectivity index (χ4n) is 7.23. The Bertz CT molecular complexity index is 1600. The van der Waals surface area contributed by atoms with Gasteiger partial charge in [-0.3, -0.25) is 4.79 Å². The van der Waals surface area contributed by atoms with Crippen LogP contribution in [0.15, 0.2) is 48.5 Å². The Morgan fingerprint density at radius 3 is 2.58 bits per heavy atom. The summed E-state index contributed by atoms with van der Waals surface area (Å²) in [5.41, 5.74) is 0.133. The van der Waals surface area contributed by atoms with E-state index in [0.717, 1.165) is 24.9 Å². The van der Waals surface area contributed by atoms with Crippen LogP contribution in [-0.4, -0.2) is 66.3 Å². The van der Waals surface area contributed by atoms with Gasteiger partial charge < -0.3 is 35.1 Å². The van der Waals surface area contributed by atoms with Crippen molar-refractivity contribution >= 4 is 17.5 Å². The zero-order valence-electron chi connectivity index (χ0n) is 24.5. The second-order valence-electron chi connectivity index (χ2n) is 12.4. The Kier molecular flexibility index (Phi) is 8.20. The summed E-state index contributed by atoms with van der Waals surface area (Å²) >= 11 is 6.72. The predicted molar refractivity (Wildman–Crippen MR) is 163 cm³/mol. The van der Waals surface area contributed by atoms with Crippen molar-refractivity contribution in [1.82, 2.24) is 10.6 Å². The lowest BCUT2D eigenvalue weighted by molar-refractivity contribution is 0.0539. The molecule has 0 bridgehead atoms. The van der Waals surface area contributed by atoms with Crippen LogP contribution >= 0.6 is 11.6 Å². The van der Waals surface area contributed by atoms with Crippen molar-refractivity contribution in [3.63, 3.8) is 0 Å². The molecule has 0 unspecified atom stereocenters. The zero-order chi connectivity index (χ0) is 31.3. The van der Waals surface area contributed by atoms with E-state index >= 15 is 8.78 Å². The number of ether oxygens (including phenoxy) is 3. The first kappa shape index (κ1) is 30.4. The summed E-state index contributed by atoms with van der Waals surface area (Å²) in [6.45, 7) is 0.948. The van der Waals surface area contributed by atoms with Gasteiger partial charge in [0.2, 0.25) is 0 Å². The molecular formula is C34H35ClF2N2O6. The van der Waals surface area contributed by atoms with E-state index in [9.17, 15) is 15.0 Å². The van der Waals surface area contributed by atoms with Crippen molar-refractivity contribution in [2.24, 2.45) is 0 Å². The molecule has 4 N–H and O–H groups in total. The topological polar surface area (TPSA) is 109 Å². The number of carbonyl (C=O) groups is 1. The molecule has 3 aliphatic heterocycles. The maximum Gasteiger partial charge on any atom is 0.252 e. The molecule has 0 spiro atoms. The fraction of sp³-hybridized carbons (Fsp3) is 0.441. The molecule has 1 saturated carbocycles. The molecule has 3 heterocycles. The third-order valence-electron chi connectivity index (χ3n) is 9.52. The standard InChI is InChI=1S/C34H35ClF2N2O6/c35-31-23(36)14-27-22(15-34(45-27,28-7-4-12-38-28)18-5-2-1-3-6-18)29(31)30-21(33(42)39-24-16-43-17-25(24)41)10-11-26(32(30)37)44-20-9-8-19(40)13-20/h1-3,5-6,10-11,14,19-20,24-25,28,38,40-41H,4,7-9,12-13,15-17H2,(H,39,42)/t19-,20+,24+,25+,28+,34+/m1/s1. The first-order chi connectivity index (χ1) is 21.7. The Hall–Kier alpha value is -3.28. The van der Waals surface area contributed by atoms with Gasteiger partial charge >= 0.3 is 0 Å². The first-order valence-corrected chi connectivity index (χ1v) is 15.9. The average molecular weight is 641 g/mol. The summed E-state index contributed by atoms with van der Waals surface area (Å²) in [7, 11) is 0. The molecule has 6 atom stereocenters. The minimum absolute atomic E-state index is 0.0187. The molecule has 11 heteroatoms. The Labute approximate surface area is 264 Å². The first-order valence-electron chi connectivity index (χ1n) is 15.5. The van der Waals surface area contributed by atoms with Gasteiger partial charge in [-0.25, -0.2) is 8.78 Å². The number of hydrogen-bond acceptors (Lipinski definition) is 7. The van der Waals surface area contributed by atoms with Crippen LogP contribution < -0.4 is 20.1 Å². The largest absolute Gasteiger partial charge is 0.487 e. The van der Waals surface area contributed by atoms with Gasteiger partial charge in [0.15, 0.2) is 17.2 Å². The molecule has 3 aromatic rings. The number of aliphatic hydroxyl groups is 2. The van der Waals surface area contributed by atoms with Gasteiger partial charge in [0.05, 0.1) is 48.1 Å². The van der Waals surface area contributed by atoms with Crippen LogP contribution in [0.4, 0.5) is 8.78 Å². The molecule has 3 aromatic carbocycles. The normalized spacial score (nSPS) is 29.0. The number of nitrogens with one attached hydrogen (secondary N) is 2. The second-order valence-corrected chi connectivity index (χ2v) is 12.8. The summed E-state index contributed by atoms with van der Waals surface area (Å²) in [6, 6.07) is 12.8. The lowest BCUT2D eigenvalue weighted by atomic mass is 9.80. The fourth-order valence-corrected chi connectivity index (χ4v) is 7.50. The molecule has 238 valence electrons. The molecule has 2 saturated heterocycles. The molecule has 4 aliphatic rings.